The lowest BCUT2D eigenvalue weighted by molar-refractivity contribution is -0.384. The molecule has 1 saturated heterocycles. The normalized spacial score (nSPS) is 18.6. The van der Waals surface area contributed by atoms with E-state index >= 15 is 0 Å². The lowest BCUT2D eigenvalue weighted by Gasteiger charge is -2.18. The predicted molar refractivity (Wildman–Crippen MR) is 76.0 cm³/mol. The molecule has 1 aromatic heterocycles. The number of benzene rings is 1. The summed E-state index contributed by atoms with van der Waals surface area (Å²) in [4.78, 5) is 14.9. The van der Waals surface area contributed by atoms with Gasteiger partial charge in [0.15, 0.2) is 0 Å². The number of non-ortho nitro benzene ring substituents is 1. The number of hydrogen-bond donors (Lipinski definition) is 1. The smallest absolute Gasteiger partial charge is 0.270 e. The third-order valence-corrected chi connectivity index (χ3v) is 3.76. The Labute approximate surface area is 121 Å². The van der Waals surface area contributed by atoms with Crippen LogP contribution in [0, 0.1) is 17.0 Å². The third-order valence-electron chi connectivity index (χ3n) is 3.76. The molecule has 7 nitrogen and oxygen atoms in total. The van der Waals surface area contributed by atoms with Crippen LogP contribution in [0.1, 0.15) is 30.2 Å². The van der Waals surface area contributed by atoms with Crippen LogP contribution >= 0.6 is 0 Å². The number of hydrogen-bond acceptors (Lipinski definition) is 6. The first-order valence-electron chi connectivity index (χ1n) is 6.95. The number of nitrogens with zero attached hydrogens (tertiary/aromatic N) is 3. The summed E-state index contributed by atoms with van der Waals surface area (Å²) in [6, 6.07) is 4.67. The monoisotopic (exact) mass is 288 g/mol. The maximum Gasteiger partial charge on any atom is 0.270 e. The molecule has 1 aromatic carbocycles. The molecule has 1 aliphatic heterocycles. The second kappa shape index (κ2) is 5.61. The van der Waals surface area contributed by atoms with Crippen molar-refractivity contribution >= 4 is 5.69 Å². The molecule has 0 amide bonds. The van der Waals surface area contributed by atoms with Crippen LogP contribution in [0.3, 0.4) is 0 Å². The Kier molecular flexibility index (Phi) is 3.66. The molecule has 2 heterocycles. The van der Waals surface area contributed by atoms with Crippen LogP contribution in [0.4, 0.5) is 5.69 Å². The van der Waals surface area contributed by atoms with Gasteiger partial charge in [-0.05, 0) is 31.9 Å². The highest BCUT2D eigenvalue weighted by Crippen LogP contribution is 2.28. The van der Waals surface area contributed by atoms with Gasteiger partial charge in [-0.3, -0.25) is 10.1 Å². The van der Waals surface area contributed by atoms with Crippen LogP contribution in [0.5, 0.6) is 0 Å². The van der Waals surface area contributed by atoms with Gasteiger partial charge in [-0.25, -0.2) is 0 Å². The molecular formula is C14H16N4O3. The van der Waals surface area contributed by atoms with E-state index < -0.39 is 4.92 Å². The highest BCUT2D eigenvalue weighted by atomic mass is 16.6. The number of aryl methyl sites for hydroxylation is 1. The first kappa shape index (κ1) is 13.7. The maximum atomic E-state index is 10.9. The Morgan fingerprint density at radius 3 is 3.05 bits per heavy atom. The van der Waals surface area contributed by atoms with E-state index in [4.69, 9.17) is 4.52 Å². The van der Waals surface area contributed by atoms with Crippen molar-refractivity contribution in [2.24, 2.45) is 0 Å². The van der Waals surface area contributed by atoms with Crippen molar-refractivity contribution in [3.8, 4) is 11.4 Å². The fourth-order valence-electron chi connectivity index (χ4n) is 2.54. The second-order valence-electron chi connectivity index (χ2n) is 5.26. The summed E-state index contributed by atoms with van der Waals surface area (Å²) in [6.45, 7) is 3.72. The molecule has 0 unspecified atom stereocenters. The van der Waals surface area contributed by atoms with Crippen molar-refractivity contribution in [1.29, 1.82) is 0 Å². The van der Waals surface area contributed by atoms with E-state index in [2.05, 4.69) is 15.5 Å². The first-order valence-corrected chi connectivity index (χ1v) is 6.95. The van der Waals surface area contributed by atoms with Gasteiger partial charge in [-0.2, -0.15) is 4.98 Å². The van der Waals surface area contributed by atoms with Crippen LogP contribution in [-0.2, 0) is 0 Å². The predicted octanol–water partition coefficient (Wildman–Crippen LogP) is 2.42. The van der Waals surface area contributed by atoms with E-state index in [9.17, 15) is 10.1 Å². The van der Waals surface area contributed by atoms with E-state index in [-0.39, 0.29) is 11.6 Å². The molecule has 0 aliphatic carbocycles. The van der Waals surface area contributed by atoms with Crippen molar-refractivity contribution in [3.05, 3.63) is 39.8 Å². The van der Waals surface area contributed by atoms with Crippen molar-refractivity contribution in [3.63, 3.8) is 0 Å². The standard InChI is InChI=1S/C14H16N4O3/c1-9-4-5-11(18(19)20)7-12(9)13-16-14(21-17-13)10-3-2-6-15-8-10/h4-5,7,10,15H,2-3,6,8H2,1H3/t10-/m1/s1. The van der Waals surface area contributed by atoms with Gasteiger partial charge in [0.1, 0.15) is 0 Å². The topological polar surface area (TPSA) is 94.1 Å². The first-order chi connectivity index (χ1) is 10.1. The molecule has 3 rings (SSSR count). The fourth-order valence-corrected chi connectivity index (χ4v) is 2.54. The molecule has 21 heavy (non-hydrogen) atoms. The largest absolute Gasteiger partial charge is 0.339 e. The highest BCUT2D eigenvalue weighted by molar-refractivity contribution is 5.63. The lowest BCUT2D eigenvalue weighted by Crippen LogP contribution is -2.28. The summed E-state index contributed by atoms with van der Waals surface area (Å²) >= 11 is 0. The van der Waals surface area contributed by atoms with E-state index in [0.29, 0.717) is 17.3 Å². The minimum absolute atomic E-state index is 0.0290. The second-order valence-corrected chi connectivity index (χ2v) is 5.26. The minimum atomic E-state index is -0.422. The van der Waals surface area contributed by atoms with Gasteiger partial charge in [0.05, 0.1) is 10.8 Å². The molecule has 0 saturated carbocycles. The number of nitrogens with one attached hydrogen (secondary N) is 1. The summed E-state index contributed by atoms with van der Waals surface area (Å²) in [5, 5.41) is 18.2. The van der Waals surface area contributed by atoms with Crippen LogP contribution in [-0.4, -0.2) is 28.2 Å². The van der Waals surface area contributed by atoms with E-state index in [1.54, 1.807) is 6.07 Å². The van der Waals surface area contributed by atoms with Crippen LogP contribution < -0.4 is 5.32 Å². The average Bonchev–Trinajstić information content (AvgIpc) is 2.98. The molecule has 0 bridgehead atoms. The zero-order chi connectivity index (χ0) is 14.8. The van der Waals surface area contributed by atoms with E-state index in [1.165, 1.54) is 12.1 Å². The van der Waals surface area contributed by atoms with E-state index in [0.717, 1.165) is 31.5 Å². The van der Waals surface area contributed by atoms with Crippen molar-refractivity contribution < 1.29 is 9.45 Å². The number of aromatic nitrogens is 2. The Balaban J connectivity index is 1.92. The molecule has 2 aromatic rings. The Hall–Kier alpha value is -2.28. The summed E-state index contributed by atoms with van der Waals surface area (Å²) in [5.74, 6) is 1.24. The van der Waals surface area contributed by atoms with Gasteiger partial charge in [-0.15, -0.1) is 0 Å². The molecule has 1 fully saturated rings. The van der Waals surface area contributed by atoms with Crippen LogP contribution in [0.2, 0.25) is 0 Å². The van der Waals surface area contributed by atoms with E-state index in [1.807, 2.05) is 6.92 Å². The van der Waals surface area contributed by atoms with Gasteiger partial charge in [0.2, 0.25) is 11.7 Å². The van der Waals surface area contributed by atoms with Crippen LogP contribution in [0.15, 0.2) is 22.7 Å². The van der Waals surface area contributed by atoms with Gasteiger partial charge in [0, 0.05) is 24.2 Å². The Morgan fingerprint density at radius 1 is 1.48 bits per heavy atom. The third kappa shape index (κ3) is 2.78. The highest BCUT2D eigenvalue weighted by Gasteiger charge is 2.22. The lowest BCUT2D eigenvalue weighted by atomic mass is 10.00. The van der Waals surface area contributed by atoms with Gasteiger partial charge in [0.25, 0.3) is 5.69 Å². The number of rotatable bonds is 3. The van der Waals surface area contributed by atoms with Gasteiger partial charge >= 0.3 is 0 Å². The summed E-state index contributed by atoms with van der Waals surface area (Å²) in [5.41, 5.74) is 1.55. The van der Waals surface area contributed by atoms with Gasteiger partial charge in [-0.1, -0.05) is 11.2 Å². The average molecular weight is 288 g/mol. The number of piperidine rings is 1. The molecule has 110 valence electrons. The number of nitro groups is 1. The van der Waals surface area contributed by atoms with Crippen molar-refractivity contribution in [1.82, 2.24) is 15.5 Å². The minimum Gasteiger partial charge on any atom is -0.339 e. The molecule has 7 heteroatoms. The SMILES string of the molecule is Cc1ccc([N+](=O)[O-])cc1-c1noc([C@@H]2CCCNC2)n1. The molecule has 0 radical (unpaired) electrons. The summed E-state index contributed by atoms with van der Waals surface area (Å²) < 4.78 is 5.34. The molecule has 1 N–H and O–H groups in total. The number of nitro benzene ring substituents is 1. The fraction of sp³-hybridized carbons (Fsp3) is 0.429. The Bertz CT molecular complexity index is 662. The molecule has 0 spiro atoms. The summed E-state index contributed by atoms with van der Waals surface area (Å²) in [6.07, 6.45) is 2.10. The molecule has 1 atom stereocenters. The van der Waals surface area contributed by atoms with Crippen molar-refractivity contribution in [2.45, 2.75) is 25.7 Å². The maximum absolute atomic E-state index is 10.9. The zero-order valence-corrected chi connectivity index (χ0v) is 11.7. The molecule has 1 aliphatic rings. The van der Waals surface area contributed by atoms with Crippen LogP contribution in [0.25, 0.3) is 11.4 Å². The molecular weight excluding hydrogens is 272 g/mol. The van der Waals surface area contributed by atoms with Gasteiger partial charge < -0.3 is 9.84 Å². The zero-order valence-electron chi connectivity index (χ0n) is 11.7. The van der Waals surface area contributed by atoms with Crippen molar-refractivity contribution in [2.75, 3.05) is 13.1 Å². The quantitative estimate of drug-likeness (QED) is 0.688. The Morgan fingerprint density at radius 2 is 2.33 bits per heavy atom. The summed E-state index contributed by atoms with van der Waals surface area (Å²) in [7, 11) is 0.